The predicted octanol–water partition coefficient (Wildman–Crippen LogP) is 4.48. The van der Waals surface area contributed by atoms with Gasteiger partial charge in [-0.25, -0.2) is 15.0 Å². The number of H-pyrrole nitrogens is 1. The highest BCUT2D eigenvalue weighted by molar-refractivity contribution is 7.99. The Bertz CT molecular complexity index is 1060. The van der Waals surface area contributed by atoms with E-state index in [1.54, 1.807) is 23.5 Å². The molecular formula is C17H11F3N6S2. The first-order valence-electron chi connectivity index (χ1n) is 7.95. The summed E-state index contributed by atoms with van der Waals surface area (Å²) in [5, 5.41) is 9.23. The number of halogens is 3. The molecule has 0 atom stereocenters. The van der Waals surface area contributed by atoms with Gasteiger partial charge >= 0.3 is 6.18 Å². The first-order valence-corrected chi connectivity index (χ1v) is 9.65. The number of aromatic amines is 1. The maximum atomic E-state index is 13.3. The lowest BCUT2D eigenvalue weighted by atomic mass is 10.2. The third-order valence-corrected chi connectivity index (χ3v) is 5.22. The van der Waals surface area contributed by atoms with E-state index in [2.05, 4.69) is 30.1 Å². The molecule has 28 heavy (non-hydrogen) atoms. The van der Waals surface area contributed by atoms with Crippen molar-refractivity contribution in [2.24, 2.45) is 0 Å². The summed E-state index contributed by atoms with van der Waals surface area (Å²) in [5.74, 6) is 0.596. The maximum absolute atomic E-state index is 13.3. The molecule has 4 heterocycles. The summed E-state index contributed by atoms with van der Waals surface area (Å²) in [5.41, 5.74) is -0.581. The van der Waals surface area contributed by atoms with E-state index in [0.717, 1.165) is 22.7 Å². The van der Waals surface area contributed by atoms with E-state index >= 15 is 0 Å². The molecule has 0 aliphatic rings. The van der Waals surface area contributed by atoms with Gasteiger partial charge in [-0.2, -0.15) is 13.2 Å². The average molecular weight is 420 g/mol. The Morgan fingerprint density at radius 1 is 1.07 bits per heavy atom. The second-order valence-electron chi connectivity index (χ2n) is 5.57. The van der Waals surface area contributed by atoms with Crippen LogP contribution in [0.2, 0.25) is 0 Å². The summed E-state index contributed by atoms with van der Waals surface area (Å²) in [7, 11) is 0. The Kier molecular flexibility index (Phi) is 5.09. The van der Waals surface area contributed by atoms with Crippen molar-refractivity contribution in [3.05, 3.63) is 64.5 Å². The molecule has 0 saturated carbocycles. The van der Waals surface area contributed by atoms with E-state index in [-0.39, 0.29) is 10.9 Å². The molecule has 6 nitrogen and oxygen atoms in total. The number of aromatic nitrogens is 6. The van der Waals surface area contributed by atoms with Gasteiger partial charge in [0, 0.05) is 35.3 Å². The smallest absolute Gasteiger partial charge is 0.265 e. The standard InChI is InChI=1S/C17H11F3N6S2/c18-17(19,20)12-9-14(24-15(22-12)10-3-5-21-6-4-10)28-16-23-13(25-26-16)8-11-2-1-7-27-11/h1-7,9H,8H2,(H,23,25,26). The molecule has 1 N–H and O–H groups in total. The summed E-state index contributed by atoms with van der Waals surface area (Å²) in [6.45, 7) is 0. The van der Waals surface area contributed by atoms with Gasteiger partial charge in [0.05, 0.1) is 0 Å². The highest BCUT2D eigenvalue weighted by atomic mass is 32.2. The second kappa shape index (κ2) is 7.68. The molecule has 0 aliphatic heterocycles. The van der Waals surface area contributed by atoms with Crippen LogP contribution in [0.5, 0.6) is 0 Å². The molecular weight excluding hydrogens is 409 g/mol. The first kappa shape index (κ1) is 18.6. The van der Waals surface area contributed by atoms with E-state index in [4.69, 9.17) is 0 Å². The molecule has 0 unspecified atom stereocenters. The zero-order valence-electron chi connectivity index (χ0n) is 14.0. The summed E-state index contributed by atoms with van der Waals surface area (Å²) in [4.78, 5) is 17.2. The molecule has 4 rings (SSSR count). The lowest BCUT2D eigenvalue weighted by Crippen LogP contribution is -2.10. The van der Waals surface area contributed by atoms with E-state index in [1.807, 2.05) is 17.5 Å². The third-order valence-electron chi connectivity index (χ3n) is 3.56. The zero-order valence-corrected chi connectivity index (χ0v) is 15.6. The summed E-state index contributed by atoms with van der Waals surface area (Å²) < 4.78 is 39.8. The van der Waals surface area contributed by atoms with Gasteiger partial charge in [0.2, 0.25) is 5.16 Å². The molecule has 0 radical (unpaired) electrons. The van der Waals surface area contributed by atoms with E-state index in [9.17, 15) is 13.2 Å². The molecule has 0 saturated heterocycles. The summed E-state index contributed by atoms with van der Waals surface area (Å²) in [6, 6.07) is 7.91. The fraction of sp³-hybridized carbons (Fsp3) is 0.118. The second-order valence-corrected chi connectivity index (χ2v) is 7.59. The van der Waals surface area contributed by atoms with Crippen molar-refractivity contribution in [3.8, 4) is 11.4 Å². The molecule has 11 heteroatoms. The quantitative estimate of drug-likeness (QED) is 0.480. The Balaban J connectivity index is 1.63. The average Bonchev–Trinajstić information content (AvgIpc) is 3.34. The van der Waals surface area contributed by atoms with Crippen LogP contribution in [0, 0.1) is 0 Å². The van der Waals surface area contributed by atoms with E-state index in [1.165, 1.54) is 12.4 Å². The fourth-order valence-electron chi connectivity index (χ4n) is 2.33. The van der Waals surface area contributed by atoms with Crippen LogP contribution in [-0.4, -0.2) is 30.1 Å². The molecule has 4 aromatic rings. The minimum Gasteiger partial charge on any atom is -0.265 e. The minimum absolute atomic E-state index is 0.0333. The Labute approximate surface area is 165 Å². The van der Waals surface area contributed by atoms with Crippen molar-refractivity contribution in [3.63, 3.8) is 0 Å². The lowest BCUT2D eigenvalue weighted by Gasteiger charge is -2.09. The van der Waals surface area contributed by atoms with Crippen molar-refractivity contribution in [1.82, 2.24) is 30.1 Å². The molecule has 0 aromatic carbocycles. The summed E-state index contributed by atoms with van der Waals surface area (Å²) >= 11 is 2.53. The molecule has 0 fully saturated rings. The number of hydrogen-bond acceptors (Lipinski definition) is 7. The number of alkyl halides is 3. The van der Waals surface area contributed by atoms with Crippen LogP contribution in [0.15, 0.2) is 58.3 Å². The van der Waals surface area contributed by atoms with Crippen LogP contribution in [0.3, 0.4) is 0 Å². The number of pyridine rings is 1. The van der Waals surface area contributed by atoms with Crippen LogP contribution in [0.1, 0.15) is 16.4 Å². The van der Waals surface area contributed by atoms with Crippen LogP contribution in [0.4, 0.5) is 13.2 Å². The molecule has 0 aliphatic carbocycles. The number of thiophene rings is 1. The van der Waals surface area contributed by atoms with E-state index in [0.29, 0.717) is 23.0 Å². The van der Waals surface area contributed by atoms with E-state index < -0.39 is 11.9 Å². The van der Waals surface area contributed by atoms with Crippen molar-refractivity contribution in [2.75, 3.05) is 0 Å². The monoisotopic (exact) mass is 420 g/mol. The Hall–Kier alpha value is -2.79. The zero-order chi connectivity index (χ0) is 19.6. The largest absolute Gasteiger partial charge is 0.433 e. The maximum Gasteiger partial charge on any atom is 0.433 e. The van der Waals surface area contributed by atoms with Gasteiger partial charge in [-0.15, -0.1) is 16.4 Å². The molecule has 142 valence electrons. The van der Waals surface area contributed by atoms with Gasteiger partial charge < -0.3 is 0 Å². The lowest BCUT2D eigenvalue weighted by molar-refractivity contribution is -0.141. The molecule has 0 spiro atoms. The van der Waals surface area contributed by atoms with Gasteiger partial charge in [0.1, 0.15) is 16.5 Å². The van der Waals surface area contributed by atoms with Gasteiger partial charge in [0.25, 0.3) is 0 Å². The molecule has 4 aromatic heterocycles. The van der Waals surface area contributed by atoms with Crippen LogP contribution in [-0.2, 0) is 12.6 Å². The van der Waals surface area contributed by atoms with Crippen molar-refractivity contribution in [1.29, 1.82) is 0 Å². The highest BCUT2D eigenvalue weighted by Crippen LogP contribution is 2.33. The number of rotatable bonds is 5. The van der Waals surface area contributed by atoms with Gasteiger partial charge in [-0.1, -0.05) is 6.07 Å². The SMILES string of the molecule is FC(F)(F)c1cc(Sc2n[nH]c(Cc3cccs3)n2)nc(-c2ccncc2)n1. The van der Waals surface area contributed by atoms with Gasteiger partial charge in [0.15, 0.2) is 5.82 Å². The van der Waals surface area contributed by atoms with Crippen molar-refractivity contribution < 1.29 is 13.2 Å². The van der Waals surface area contributed by atoms with Crippen LogP contribution in [0.25, 0.3) is 11.4 Å². The Morgan fingerprint density at radius 2 is 1.89 bits per heavy atom. The minimum atomic E-state index is -4.59. The first-order chi connectivity index (χ1) is 13.5. The van der Waals surface area contributed by atoms with Crippen LogP contribution >= 0.6 is 23.1 Å². The molecule has 0 amide bonds. The predicted molar refractivity (Wildman–Crippen MR) is 97.9 cm³/mol. The Morgan fingerprint density at radius 3 is 2.61 bits per heavy atom. The topological polar surface area (TPSA) is 80.2 Å². The number of nitrogens with zero attached hydrogens (tertiary/aromatic N) is 5. The van der Waals surface area contributed by atoms with Crippen molar-refractivity contribution in [2.45, 2.75) is 22.8 Å². The van der Waals surface area contributed by atoms with Gasteiger partial charge in [-0.05, 0) is 35.3 Å². The molecule has 0 bridgehead atoms. The van der Waals surface area contributed by atoms with Crippen molar-refractivity contribution >= 4 is 23.1 Å². The normalized spacial score (nSPS) is 11.7. The summed E-state index contributed by atoms with van der Waals surface area (Å²) in [6.07, 6.45) is -1.08. The van der Waals surface area contributed by atoms with Gasteiger partial charge in [-0.3, -0.25) is 10.1 Å². The van der Waals surface area contributed by atoms with Crippen LogP contribution < -0.4 is 0 Å². The third kappa shape index (κ3) is 4.37. The number of nitrogens with one attached hydrogen (secondary N) is 1. The highest BCUT2D eigenvalue weighted by Gasteiger charge is 2.34. The fourth-order valence-corrected chi connectivity index (χ4v) is 3.77. The number of hydrogen-bond donors (Lipinski definition) is 1.